The highest BCUT2D eigenvalue weighted by molar-refractivity contribution is 5.76. The predicted molar refractivity (Wildman–Crippen MR) is 70.8 cm³/mol. The number of hydrogen-bond donors (Lipinski definition) is 2. The molecular weight excluding hydrogens is 230 g/mol. The number of aromatic nitrogens is 4. The summed E-state index contributed by atoms with van der Waals surface area (Å²) in [5.74, 6) is 1.08. The van der Waals surface area contributed by atoms with E-state index in [1.54, 1.807) is 6.33 Å². The monoisotopic (exact) mass is 249 g/mol. The molecule has 0 saturated carbocycles. The van der Waals surface area contributed by atoms with E-state index in [1.807, 2.05) is 20.8 Å². The summed E-state index contributed by atoms with van der Waals surface area (Å²) in [4.78, 5) is 15.9. The van der Waals surface area contributed by atoms with Gasteiger partial charge in [-0.3, -0.25) is 0 Å². The number of nitrogens with zero attached hydrogens (tertiary/aromatic N) is 3. The molecule has 6 nitrogen and oxygen atoms in total. The fourth-order valence-corrected chi connectivity index (χ4v) is 1.49. The first-order valence-electron chi connectivity index (χ1n) is 6.13. The van der Waals surface area contributed by atoms with Gasteiger partial charge in [0.2, 0.25) is 11.8 Å². The van der Waals surface area contributed by atoms with Crippen molar-refractivity contribution in [3.05, 3.63) is 6.33 Å². The number of fused-ring (bicyclic) bond motifs is 1. The van der Waals surface area contributed by atoms with Gasteiger partial charge in [0.1, 0.15) is 11.1 Å². The zero-order valence-corrected chi connectivity index (χ0v) is 11.2. The lowest BCUT2D eigenvalue weighted by Crippen LogP contribution is -2.24. The number of anilines is 1. The number of ether oxygens (including phenoxy) is 1. The van der Waals surface area contributed by atoms with Gasteiger partial charge in [-0.25, -0.2) is 4.98 Å². The number of aromatic amines is 1. The van der Waals surface area contributed by atoms with Crippen molar-refractivity contribution >= 4 is 17.1 Å². The molecule has 0 radical (unpaired) electrons. The molecule has 0 aromatic carbocycles. The highest BCUT2D eigenvalue weighted by Gasteiger charge is 2.18. The summed E-state index contributed by atoms with van der Waals surface area (Å²) in [5.41, 5.74) is 1.03. The maximum atomic E-state index is 5.83. The van der Waals surface area contributed by atoms with Crippen LogP contribution in [0.3, 0.4) is 0 Å². The van der Waals surface area contributed by atoms with E-state index in [1.165, 1.54) is 0 Å². The minimum Gasteiger partial charge on any atom is -0.470 e. The second-order valence-corrected chi connectivity index (χ2v) is 5.09. The van der Waals surface area contributed by atoms with Crippen LogP contribution in [0.25, 0.3) is 11.2 Å². The lowest BCUT2D eigenvalue weighted by molar-refractivity contribution is 0.126. The highest BCUT2D eigenvalue weighted by Crippen LogP contribution is 2.24. The van der Waals surface area contributed by atoms with E-state index in [0.29, 0.717) is 17.5 Å². The Hall–Kier alpha value is -1.85. The zero-order chi connectivity index (χ0) is 13.2. The molecule has 2 rings (SSSR count). The second kappa shape index (κ2) is 4.80. The Labute approximate surface area is 106 Å². The summed E-state index contributed by atoms with van der Waals surface area (Å²) in [7, 11) is 0. The molecule has 2 aromatic heterocycles. The molecule has 2 N–H and O–H groups in total. The van der Waals surface area contributed by atoms with Gasteiger partial charge in [-0.15, -0.1) is 0 Å². The van der Waals surface area contributed by atoms with E-state index >= 15 is 0 Å². The number of H-pyrrole nitrogens is 1. The third-order valence-corrected chi connectivity index (χ3v) is 2.19. The molecule has 0 bridgehead atoms. The number of imidazole rings is 1. The quantitative estimate of drug-likeness (QED) is 0.869. The Kier molecular flexibility index (Phi) is 3.36. The Bertz CT molecular complexity index is 529. The number of rotatable bonds is 4. The zero-order valence-electron chi connectivity index (χ0n) is 11.2. The molecule has 0 aliphatic rings. The first-order valence-corrected chi connectivity index (χ1v) is 6.13. The molecular formula is C12H19N5O. The molecule has 0 saturated heterocycles. The molecule has 0 amide bonds. The van der Waals surface area contributed by atoms with E-state index < -0.39 is 0 Å². The van der Waals surface area contributed by atoms with Crippen molar-refractivity contribution in [1.82, 2.24) is 19.9 Å². The fraction of sp³-hybridized carbons (Fsp3) is 0.583. The van der Waals surface area contributed by atoms with Crippen molar-refractivity contribution in [3.63, 3.8) is 0 Å². The number of hydrogen-bond acceptors (Lipinski definition) is 5. The van der Waals surface area contributed by atoms with Crippen molar-refractivity contribution in [1.29, 1.82) is 0 Å². The van der Waals surface area contributed by atoms with Gasteiger partial charge in [0, 0.05) is 6.54 Å². The molecule has 0 atom stereocenters. The van der Waals surface area contributed by atoms with Crippen LogP contribution in [0.2, 0.25) is 0 Å². The van der Waals surface area contributed by atoms with Gasteiger partial charge in [0.05, 0.1) is 6.33 Å². The Balaban J connectivity index is 2.38. The van der Waals surface area contributed by atoms with Gasteiger partial charge >= 0.3 is 0 Å². The van der Waals surface area contributed by atoms with Crippen molar-refractivity contribution in [2.24, 2.45) is 0 Å². The van der Waals surface area contributed by atoms with Gasteiger partial charge in [-0.1, -0.05) is 6.92 Å². The van der Waals surface area contributed by atoms with Crippen LogP contribution in [0.1, 0.15) is 34.1 Å². The molecule has 18 heavy (non-hydrogen) atoms. The van der Waals surface area contributed by atoms with E-state index in [2.05, 4.69) is 32.2 Å². The summed E-state index contributed by atoms with van der Waals surface area (Å²) >= 11 is 0. The van der Waals surface area contributed by atoms with Crippen LogP contribution in [0, 0.1) is 0 Å². The minimum atomic E-state index is -0.311. The highest BCUT2D eigenvalue weighted by atomic mass is 16.5. The summed E-state index contributed by atoms with van der Waals surface area (Å²) in [6, 6.07) is 0. The third kappa shape index (κ3) is 2.88. The molecule has 0 aliphatic carbocycles. The van der Waals surface area contributed by atoms with E-state index in [4.69, 9.17) is 4.74 Å². The van der Waals surface area contributed by atoms with Crippen molar-refractivity contribution < 1.29 is 4.74 Å². The van der Waals surface area contributed by atoms with Crippen molar-refractivity contribution in [2.45, 2.75) is 39.7 Å². The summed E-state index contributed by atoms with van der Waals surface area (Å²) in [5, 5.41) is 3.15. The standard InChI is InChI=1S/C12H19N5O/c1-5-6-13-11-16-9-8(14-7-15-9)10(17-11)18-12(2,3)4/h7H,5-6H2,1-4H3,(H2,13,14,15,16,17). The topological polar surface area (TPSA) is 75.7 Å². The van der Waals surface area contributed by atoms with E-state index in [-0.39, 0.29) is 5.60 Å². The largest absolute Gasteiger partial charge is 0.470 e. The van der Waals surface area contributed by atoms with Crippen LogP contribution < -0.4 is 10.1 Å². The molecule has 2 heterocycles. The Morgan fingerprint density at radius 3 is 2.78 bits per heavy atom. The molecule has 0 aliphatic heterocycles. The van der Waals surface area contributed by atoms with Gasteiger partial charge in [0.25, 0.3) is 0 Å². The summed E-state index contributed by atoms with van der Waals surface area (Å²) in [6.45, 7) is 8.86. The van der Waals surface area contributed by atoms with Crippen molar-refractivity contribution in [3.8, 4) is 5.88 Å². The van der Waals surface area contributed by atoms with Gasteiger partial charge < -0.3 is 15.0 Å². The maximum absolute atomic E-state index is 5.83. The van der Waals surface area contributed by atoms with Crippen LogP contribution in [0.5, 0.6) is 5.88 Å². The molecule has 0 spiro atoms. The first kappa shape index (κ1) is 12.6. The SMILES string of the molecule is CCCNc1nc(OC(C)(C)C)c2[nH]cnc2n1. The van der Waals surface area contributed by atoms with Gasteiger partial charge in [-0.2, -0.15) is 9.97 Å². The summed E-state index contributed by atoms with van der Waals surface area (Å²) in [6.07, 6.45) is 2.61. The van der Waals surface area contributed by atoms with Crippen LogP contribution >= 0.6 is 0 Å². The molecule has 2 aromatic rings. The average molecular weight is 249 g/mol. The molecule has 98 valence electrons. The van der Waals surface area contributed by atoms with Gasteiger partial charge in [0.15, 0.2) is 5.65 Å². The van der Waals surface area contributed by atoms with E-state index in [0.717, 1.165) is 18.5 Å². The lowest BCUT2D eigenvalue weighted by Gasteiger charge is -2.20. The maximum Gasteiger partial charge on any atom is 0.245 e. The smallest absolute Gasteiger partial charge is 0.245 e. The first-order chi connectivity index (χ1) is 8.49. The van der Waals surface area contributed by atoms with Crippen molar-refractivity contribution in [2.75, 3.05) is 11.9 Å². The van der Waals surface area contributed by atoms with E-state index in [9.17, 15) is 0 Å². The Morgan fingerprint density at radius 1 is 1.33 bits per heavy atom. The van der Waals surface area contributed by atoms with Crippen LogP contribution in [0.15, 0.2) is 6.33 Å². The second-order valence-electron chi connectivity index (χ2n) is 5.09. The average Bonchev–Trinajstić information content (AvgIpc) is 2.72. The van der Waals surface area contributed by atoms with Crippen LogP contribution in [0.4, 0.5) is 5.95 Å². The molecule has 0 fully saturated rings. The fourth-order valence-electron chi connectivity index (χ4n) is 1.49. The number of nitrogens with one attached hydrogen (secondary N) is 2. The van der Waals surface area contributed by atoms with Gasteiger partial charge in [-0.05, 0) is 27.2 Å². The molecule has 0 unspecified atom stereocenters. The van der Waals surface area contributed by atoms with Crippen LogP contribution in [-0.2, 0) is 0 Å². The predicted octanol–water partition coefficient (Wildman–Crippen LogP) is 2.35. The lowest BCUT2D eigenvalue weighted by atomic mass is 10.2. The normalized spacial score (nSPS) is 11.8. The summed E-state index contributed by atoms with van der Waals surface area (Å²) < 4.78 is 5.83. The molecule has 6 heteroatoms. The minimum absolute atomic E-state index is 0.311. The van der Waals surface area contributed by atoms with Crippen LogP contribution in [-0.4, -0.2) is 32.1 Å². The third-order valence-electron chi connectivity index (χ3n) is 2.19. The Morgan fingerprint density at radius 2 is 2.11 bits per heavy atom.